The van der Waals surface area contributed by atoms with Gasteiger partial charge in [-0.1, -0.05) is 13.8 Å². The zero-order chi connectivity index (χ0) is 25.9. The number of fused-ring (bicyclic) bond motifs is 1. The van der Waals surface area contributed by atoms with Crippen molar-refractivity contribution in [2.75, 3.05) is 19.3 Å². The Morgan fingerprint density at radius 3 is 2.69 bits per heavy atom. The molecule has 2 unspecified atom stereocenters. The van der Waals surface area contributed by atoms with Crippen molar-refractivity contribution in [1.82, 2.24) is 21.0 Å². The molecule has 0 radical (unpaired) electrons. The molecule has 4 rings (SSSR count). The van der Waals surface area contributed by atoms with E-state index in [-0.39, 0.29) is 17.9 Å². The molecule has 1 aromatic heterocycles. The molecule has 2 aliphatic rings. The maximum Gasteiger partial charge on any atom is 0.251 e. The Bertz CT molecular complexity index is 1060. The van der Waals surface area contributed by atoms with E-state index in [1.54, 1.807) is 12.1 Å². The van der Waals surface area contributed by atoms with Crippen molar-refractivity contribution in [2.45, 2.75) is 59.1 Å². The molecular weight excluding hydrogens is 474 g/mol. The van der Waals surface area contributed by atoms with E-state index in [0.29, 0.717) is 31.7 Å². The van der Waals surface area contributed by atoms with Crippen molar-refractivity contribution < 1.29 is 14.3 Å². The molecule has 2 atom stereocenters. The molecule has 194 valence electrons. The number of carbonyl (C=O) groups excluding carboxylic acids is 2. The monoisotopic (exact) mass is 511 g/mol. The van der Waals surface area contributed by atoms with E-state index < -0.39 is 0 Å². The molecule has 0 spiro atoms. The normalized spacial score (nSPS) is 18.9. The number of aromatic nitrogens is 1. The number of amides is 2. The maximum atomic E-state index is 12.9. The third kappa shape index (κ3) is 7.07. The van der Waals surface area contributed by atoms with Gasteiger partial charge in [0.25, 0.3) is 5.91 Å². The largest absolute Gasteiger partial charge is 0.489 e. The first-order valence-electron chi connectivity index (χ1n) is 12.6. The molecule has 1 aromatic carbocycles. The number of hydrogen-bond donors (Lipinski definition) is 3. The van der Waals surface area contributed by atoms with E-state index in [9.17, 15) is 9.59 Å². The predicted octanol–water partition coefficient (Wildman–Crippen LogP) is 3.61. The highest BCUT2D eigenvalue weighted by atomic mass is 32.2. The van der Waals surface area contributed by atoms with Crippen LogP contribution in [0.5, 0.6) is 5.75 Å². The number of ether oxygens (including phenoxy) is 1. The van der Waals surface area contributed by atoms with Gasteiger partial charge in [-0.15, -0.1) is 11.8 Å². The number of hydrogen-bond acceptors (Lipinski definition) is 7. The molecule has 2 heterocycles. The van der Waals surface area contributed by atoms with Gasteiger partial charge in [0.15, 0.2) is 0 Å². The number of hydrazone groups is 1. The quantitative estimate of drug-likeness (QED) is 0.216. The fourth-order valence-corrected chi connectivity index (χ4v) is 5.34. The fraction of sp³-hybridized carbons (Fsp3) is 0.481. The number of carbonyl (C=O) groups is 2. The second-order valence-electron chi connectivity index (χ2n) is 8.61. The van der Waals surface area contributed by atoms with Crippen LogP contribution in [0.2, 0.25) is 0 Å². The highest BCUT2D eigenvalue weighted by Crippen LogP contribution is 2.25. The highest BCUT2D eigenvalue weighted by Gasteiger charge is 2.32. The average Bonchev–Trinajstić information content (AvgIpc) is 3.37. The van der Waals surface area contributed by atoms with Crippen LogP contribution >= 0.6 is 11.8 Å². The smallest absolute Gasteiger partial charge is 0.251 e. The molecular formula is C27H37N5O3S. The number of rotatable bonds is 8. The van der Waals surface area contributed by atoms with Crippen molar-refractivity contribution in [2.24, 2.45) is 11.0 Å². The van der Waals surface area contributed by atoms with Gasteiger partial charge in [-0.2, -0.15) is 5.10 Å². The number of thioether (sulfide) groups is 1. The van der Waals surface area contributed by atoms with Gasteiger partial charge in [-0.3, -0.25) is 14.6 Å². The van der Waals surface area contributed by atoms with E-state index in [4.69, 9.17) is 9.72 Å². The molecule has 2 amide bonds. The van der Waals surface area contributed by atoms with Crippen LogP contribution in [0.4, 0.5) is 0 Å². The van der Waals surface area contributed by atoms with Gasteiger partial charge in [-0.05, 0) is 80.3 Å². The van der Waals surface area contributed by atoms with Gasteiger partial charge in [-0.25, -0.2) is 5.43 Å². The zero-order valence-corrected chi connectivity index (χ0v) is 22.4. The molecule has 1 fully saturated rings. The summed E-state index contributed by atoms with van der Waals surface area (Å²) in [5, 5.41) is 11.3. The molecule has 9 heteroatoms. The molecule has 1 aliphatic heterocycles. The van der Waals surface area contributed by atoms with E-state index in [1.807, 2.05) is 39.2 Å². The van der Waals surface area contributed by atoms with E-state index >= 15 is 0 Å². The van der Waals surface area contributed by atoms with Gasteiger partial charge >= 0.3 is 0 Å². The average molecular weight is 512 g/mol. The molecule has 1 aliphatic carbocycles. The second kappa shape index (κ2) is 14.0. The SMILES string of the molecule is CC.CS/C(=N\NC=O)C1CNCC1NC(=O)c1ccc(OCc2cc(C)nc3c2CCCC3)cc1. The van der Waals surface area contributed by atoms with Crippen molar-refractivity contribution in [3.05, 3.63) is 58.4 Å². The first-order valence-corrected chi connectivity index (χ1v) is 13.8. The predicted molar refractivity (Wildman–Crippen MR) is 146 cm³/mol. The van der Waals surface area contributed by atoms with Crippen molar-refractivity contribution in [1.29, 1.82) is 0 Å². The third-order valence-corrected chi connectivity index (χ3v) is 7.13. The van der Waals surface area contributed by atoms with Crippen LogP contribution in [0.1, 0.15) is 59.6 Å². The standard InChI is InChI=1S/C25H31N5O3S.C2H6/c1-16-11-18(20-5-3-4-6-22(20)28-16)14-33-19-9-7-17(8-10-19)24(32)29-23-13-26-12-21(23)25(34-2)30-27-15-31;1-2/h7-11,15,21,23,26H,3-6,12-14H2,1-2H3,(H,27,31)(H,29,32);1-2H3/b30-25-;. The summed E-state index contributed by atoms with van der Waals surface area (Å²) >= 11 is 1.47. The summed E-state index contributed by atoms with van der Waals surface area (Å²) in [5.74, 6) is 0.587. The van der Waals surface area contributed by atoms with E-state index in [1.165, 1.54) is 41.4 Å². The number of nitrogens with zero attached hydrogens (tertiary/aromatic N) is 2. The minimum Gasteiger partial charge on any atom is -0.489 e. The lowest BCUT2D eigenvalue weighted by molar-refractivity contribution is -0.109. The first kappa shape index (κ1) is 27.7. The van der Waals surface area contributed by atoms with Gasteiger partial charge in [0.05, 0.1) is 11.1 Å². The summed E-state index contributed by atoms with van der Waals surface area (Å²) in [6, 6.07) is 9.25. The Kier molecular flexibility index (Phi) is 10.8. The van der Waals surface area contributed by atoms with Gasteiger partial charge in [0.2, 0.25) is 6.41 Å². The number of benzene rings is 1. The van der Waals surface area contributed by atoms with Crippen LogP contribution in [-0.4, -0.2) is 47.7 Å². The maximum absolute atomic E-state index is 12.9. The third-order valence-electron chi connectivity index (χ3n) is 6.32. The van der Waals surface area contributed by atoms with E-state index in [2.05, 4.69) is 27.2 Å². The molecule has 36 heavy (non-hydrogen) atoms. The lowest BCUT2D eigenvalue weighted by atomic mass is 9.92. The van der Waals surface area contributed by atoms with Crippen LogP contribution < -0.4 is 20.8 Å². The molecule has 0 saturated carbocycles. The Hall–Kier alpha value is -2.91. The molecule has 8 nitrogen and oxygen atoms in total. The molecule has 1 saturated heterocycles. The Labute approximate surface area is 218 Å². The zero-order valence-electron chi connectivity index (χ0n) is 21.6. The lowest BCUT2D eigenvalue weighted by Gasteiger charge is -2.21. The van der Waals surface area contributed by atoms with Crippen molar-refractivity contribution in [3.8, 4) is 5.75 Å². The number of aryl methyl sites for hydroxylation is 2. The highest BCUT2D eigenvalue weighted by molar-refractivity contribution is 8.13. The summed E-state index contributed by atoms with van der Waals surface area (Å²) in [6.45, 7) is 7.87. The minimum absolute atomic E-state index is 0.00348. The fourth-order valence-electron chi connectivity index (χ4n) is 4.65. The topological polar surface area (TPSA) is 105 Å². The summed E-state index contributed by atoms with van der Waals surface area (Å²) in [4.78, 5) is 28.2. The van der Waals surface area contributed by atoms with Crippen molar-refractivity contribution in [3.63, 3.8) is 0 Å². The summed E-state index contributed by atoms with van der Waals surface area (Å²) < 4.78 is 6.06. The lowest BCUT2D eigenvalue weighted by Crippen LogP contribution is -2.42. The van der Waals surface area contributed by atoms with Gasteiger partial charge in [0, 0.05) is 36.0 Å². The Morgan fingerprint density at radius 1 is 1.22 bits per heavy atom. The molecule has 2 aromatic rings. The summed E-state index contributed by atoms with van der Waals surface area (Å²) in [5.41, 5.74) is 7.72. The van der Waals surface area contributed by atoms with Crippen LogP contribution in [0.3, 0.4) is 0 Å². The van der Waals surface area contributed by atoms with Crippen molar-refractivity contribution >= 4 is 29.1 Å². The molecule has 0 bridgehead atoms. The number of nitrogens with one attached hydrogen (secondary N) is 3. The van der Waals surface area contributed by atoms with Crippen LogP contribution in [0.15, 0.2) is 35.4 Å². The Morgan fingerprint density at radius 2 is 1.97 bits per heavy atom. The Balaban J connectivity index is 0.00000176. The van der Waals surface area contributed by atoms with Crippen LogP contribution in [0, 0.1) is 12.8 Å². The number of pyridine rings is 1. The molecule has 3 N–H and O–H groups in total. The van der Waals surface area contributed by atoms with Gasteiger partial charge in [0.1, 0.15) is 12.4 Å². The first-order chi connectivity index (χ1) is 17.6. The van der Waals surface area contributed by atoms with Crippen LogP contribution in [-0.2, 0) is 24.2 Å². The second-order valence-corrected chi connectivity index (χ2v) is 9.44. The summed E-state index contributed by atoms with van der Waals surface area (Å²) in [6.07, 6.45) is 6.95. The minimum atomic E-state index is -0.145. The summed E-state index contributed by atoms with van der Waals surface area (Å²) in [7, 11) is 0. The van der Waals surface area contributed by atoms with E-state index in [0.717, 1.165) is 29.3 Å². The van der Waals surface area contributed by atoms with Crippen LogP contribution in [0.25, 0.3) is 0 Å². The van der Waals surface area contributed by atoms with Gasteiger partial charge < -0.3 is 15.4 Å².